The van der Waals surface area contributed by atoms with Crippen LogP contribution in [-0.4, -0.2) is 6.54 Å². The molecule has 3 rings (SSSR count). The van der Waals surface area contributed by atoms with E-state index < -0.39 is 0 Å². The number of hydrogen-bond donors (Lipinski definition) is 0. The summed E-state index contributed by atoms with van der Waals surface area (Å²) in [4.78, 5) is 2.49. The van der Waals surface area contributed by atoms with Crippen LogP contribution >= 0.6 is 15.9 Å². The van der Waals surface area contributed by atoms with Crippen LogP contribution in [0, 0.1) is 0 Å². The number of aryl methyl sites for hydroxylation is 1. The van der Waals surface area contributed by atoms with Gasteiger partial charge in [0.05, 0.1) is 0 Å². The normalized spacial score (nSPS) is 14.9. The molecule has 0 bridgehead atoms. The van der Waals surface area contributed by atoms with Gasteiger partial charge in [-0.25, -0.2) is 0 Å². The Balaban J connectivity index is 1.85. The number of benzene rings is 2. The average molecular weight is 316 g/mol. The number of hydrogen-bond acceptors (Lipinski definition) is 1. The van der Waals surface area contributed by atoms with Gasteiger partial charge in [0.2, 0.25) is 0 Å². The molecule has 1 heterocycles. The molecule has 0 radical (unpaired) electrons. The van der Waals surface area contributed by atoms with E-state index in [4.69, 9.17) is 0 Å². The summed E-state index contributed by atoms with van der Waals surface area (Å²) < 4.78 is 0. The molecule has 2 aromatic carbocycles. The van der Waals surface area contributed by atoms with E-state index in [-0.39, 0.29) is 0 Å². The second-order valence-electron chi connectivity index (χ2n) is 5.09. The molecule has 0 amide bonds. The van der Waals surface area contributed by atoms with E-state index in [0.717, 1.165) is 18.4 Å². The highest BCUT2D eigenvalue weighted by molar-refractivity contribution is 9.08. The Morgan fingerprint density at radius 3 is 2.42 bits per heavy atom. The Morgan fingerprint density at radius 1 is 0.947 bits per heavy atom. The first-order valence-corrected chi connectivity index (χ1v) is 7.95. The highest BCUT2D eigenvalue weighted by Crippen LogP contribution is 2.24. The third-order valence-corrected chi connectivity index (χ3v) is 4.46. The maximum atomic E-state index is 3.50. The van der Waals surface area contributed by atoms with Crippen molar-refractivity contribution in [2.75, 3.05) is 11.4 Å². The number of halogens is 1. The van der Waals surface area contributed by atoms with Crippen molar-refractivity contribution in [3.8, 4) is 0 Å². The van der Waals surface area contributed by atoms with Crippen LogP contribution in [0.5, 0.6) is 0 Å². The minimum Gasteiger partial charge on any atom is -0.367 e. The van der Waals surface area contributed by atoms with Crippen LogP contribution in [0.1, 0.15) is 23.1 Å². The lowest BCUT2D eigenvalue weighted by atomic mass is 10.0. The standard InChI is InChI=1S/C17H18BrN/c18-12-14-7-9-17(10-8-14)19-11-3-6-15-4-1-2-5-16(15)13-19/h1-2,4-5,7-10H,3,6,11-13H2. The monoisotopic (exact) mass is 315 g/mol. The van der Waals surface area contributed by atoms with E-state index in [0.29, 0.717) is 0 Å². The van der Waals surface area contributed by atoms with Crippen LogP contribution in [0.25, 0.3) is 0 Å². The van der Waals surface area contributed by atoms with Gasteiger partial charge in [-0.2, -0.15) is 0 Å². The summed E-state index contributed by atoms with van der Waals surface area (Å²) in [7, 11) is 0. The highest BCUT2D eigenvalue weighted by atomic mass is 79.9. The van der Waals surface area contributed by atoms with Gasteiger partial charge in [0.25, 0.3) is 0 Å². The van der Waals surface area contributed by atoms with Gasteiger partial charge in [0.15, 0.2) is 0 Å². The van der Waals surface area contributed by atoms with Crippen LogP contribution < -0.4 is 4.90 Å². The van der Waals surface area contributed by atoms with Crippen molar-refractivity contribution >= 4 is 21.6 Å². The Bertz CT molecular complexity index is 547. The molecule has 0 saturated carbocycles. The first-order valence-electron chi connectivity index (χ1n) is 6.83. The smallest absolute Gasteiger partial charge is 0.0432 e. The third kappa shape index (κ3) is 2.84. The molecule has 0 aliphatic carbocycles. The summed E-state index contributed by atoms with van der Waals surface area (Å²) in [5.41, 5.74) is 5.66. The molecule has 2 aromatic rings. The second-order valence-corrected chi connectivity index (χ2v) is 5.65. The largest absolute Gasteiger partial charge is 0.367 e. The van der Waals surface area contributed by atoms with Crippen LogP contribution in [0.3, 0.4) is 0 Å². The van der Waals surface area contributed by atoms with Crippen molar-refractivity contribution in [2.45, 2.75) is 24.7 Å². The van der Waals surface area contributed by atoms with Gasteiger partial charge in [-0.15, -0.1) is 0 Å². The van der Waals surface area contributed by atoms with Crippen molar-refractivity contribution < 1.29 is 0 Å². The number of rotatable bonds is 2. The maximum absolute atomic E-state index is 3.50. The fourth-order valence-corrected chi connectivity index (χ4v) is 3.09. The minimum atomic E-state index is 0.927. The molecule has 0 atom stereocenters. The maximum Gasteiger partial charge on any atom is 0.0432 e. The van der Waals surface area contributed by atoms with E-state index in [1.807, 2.05) is 0 Å². The van der Waals surface area contributed by atoms with E-state index in [1.165, 1.54) is 35.2 Å². The molecule has 1 aliphatic heterocycles. The van der Waals surface area contributed by atoms with Crippen molar-refractivity contribution in [2.24, 2.45) is 0 Å². The lowest BCUT2D eigenvalue weighted by molar-refractivity contribution is 0.766. The van der Waals surface area contributed by atoms with Gasteiger partial charge < -0.3 is 4.90 Å². The fraction of sp³-hybridized carbons (Fsp3) is 0.294. The van der Waals surface area contributed by atoms with Crippen molar-refractivity contribution in [1.82, 2.24) is 0 Å². The SMILES string of the molecule is BrCc1ccc(N2CCCc3ccccc3C2)cc1. The molecule has 0 N–H and O–H groups in total. The first kappa shape index (κ1) is 12.7. The molecular weight excluding hydrogens is 298 g/mol. The molecule has 0 spiro atoms. The predicted octanol–water partition coefficient (Wildman–Crippen LogP) is 4.53. The molecular formula is C17H18BrN. The molecule has 0 saturated heterocycles. The summed E-state index contributed by atoms with van der Waals surface area (Å²) in [6.07, 6.45) is 2.43. The minimum absolute atomic E-state index is 0.927. The number of anilines is 1. The zero-order chi connectivity index (χ0) is 13.1. The zero-order valence-electron chi connectivity index (χ0n) is 11.0. The van der Waals surface area contributed by atoms with E-state index >= 15 is 0 Å². The Hall–Kier alpha value is -1.28. The van der Waals surface area contributed by atoms with E-state index in [2.05, 4.69) is 69.4 Å². The van der Waals surface area contributed by atoms with Gasteiger partial charge >= 0.3 is 0 Å². The summed E-state index contributed by atoms with van der Waals surface area (Å²) in [6.45, 7) is 2.17. The molecule has 1 aliphatic rings. The Labute approximate surface area is 123 Å². The third-order valence-electron chi connectivity index (χ3n) is 3.81. The molecule has 98 valence electrons. The molecule has 19 heavy (non-hydrogen) atoms. The molecule has 0 aromatic heterocycles. The second kappa shape index (κ2) is 5.79. The van der Waals surface area contributed by atoms with Crippen LogP contribution in [-0.2, 0) is 18.3 Å². The Morgan fingerprint density at radius 2 is 1.68 bits per heavy atom. The number of alkyl halides is 1. The van der Waals surface area contributed by atoms with Gasteiger partial charge in [-0.1, -0.05) is 52.3 Å². The summed E-state index contributed by atoms with van der Waals surface area (Å²) in [5, 5.41) is 0.927. The Kier molecular flexibility index (Phi) is 3.88. The fourth-order valence-electron chi connectivity index (χ4n) is 2.72. The van der Waals surface area contributed by atoms with E-state index in [1.54, 1.807) is 0 Å². The van der Waals surface area contributed by atoms with Gasteiger partial charge in [0, 0.05) is 24.1 Å². The molecule has 1 nitrogen and oxygen atoms in total. The van der Waals surface area contributed by atoms with Gasteiger partial charge in [-0.3, -0.25) is 0 Å². The van der Waals surface area contributed by atoms with Gasteiger partial charge in [-0.05, 0) is 41.7 Å². The molecule has 2 heteroatoms. The summed E-state index contributed by atoms with van der Waals surface area (Å²) in [6, 6.07) is 17.7. The number of nitrogens with zero attached hydrogens (tertiary/aromatic N) is 1. The molecule has 0 unspecified atom stereocenters. The zero-order valence-corrected chi connectivity index (χ0v) is 12.6. The first-order chi connectivity index (χ1) is 9.36. The highest BCUT2D eigenvalue weighted by Gasteiger charge is 2.14. The van der Waals surface area contributed by atoms with Crippen molar-refractivity contribution in [3.63, 3.8) is 0 Å². The predicted molar refractivity (Wildman–Crippen MR) is 84.9 cm³/mol. The van der Waals surface area contributed by atoms with Crippen LogP contribution in [0.2, 0.25) is 0 Å². The summed E-state index contributed by atoms with van der Waals surface area (Å²) in [5.74, 6) is 0. The van der Waals surface area contributed by atoms with Crippen LogP contribution in [0.4, 0.5) is 5.69 Å². The lowest BCUT2D eigenvalue weighted by Crippen LogP contribution is -2.22. The average Bonchev–Trinajstić information content (AvgIpc) is 2.69. The number of fused-ring (bicyclic) bond motifs is 1. The molecule has 0 fully saturated rings. The van der Waals surface area contributed by atoms with Crippen LogP contribution in [0.15, 0.2) is 48.5 Å². The van der Waals surface area contributed by atoms with E-state index in [9.17, 15) is 0 Å². The lowest BCUT2D eigenvalue weighted by Gasteiger charge is -2.23. The van der Waals surface area contributed by atoms with Gasteiger partial charge in [0.1, 0.15) is 0 Å². The topological polar surface area (TPSA) is 3.24 Å². The quantitative estimate of drug-likeness (QED) is 0.736. The van der Waals surface area contributed by atoms with Crippen molar-refractivity contribution in [1.29, 1.82) is 0 Å². The van der Waals surface area contributed by atoms with Crippen molar-refractivity contribution in [3.05, 3.63) is 65.2 Å². The summed E-state index contributed by atoms with van der Waals surface area (Å²) >= 11 is 3.50.